The Balaban J connectivity index is 1.79. The zero-order chi connectivity index (χ0) is 16.2. The van der Waals surface area contributed by atoms with Crippen molar-refractivity contribution in [2.75, 3.05) is 13.1 Å². The first-order valence-corrected chi connectivity index (χ1v) is 7.87. The number of carbonyl (C=O) groups excluding carboxylic acids is 1. The van der Waals surface area contributed by atoms with Gasteiger partial charge in [0.2, 0.25) is 0 Å². The molecule has 0 aliphatic carbocycles. The van der Waals surface area contributed by atoms with Crippen molar-refractivity contribution in [3.8, 4) is 0 Å². The first kappa shape index (κ1) is 15.5. The smallest absolute Gasteiger partial charge is 0.259 e. The predicted octanol–water partition coefficient (Wildman–Crippen LogP) is 2.87. The number of carbonyl (C=O) groups is 1. The van der Waals surface area contributed by atoms with Gasteiger partial charge in [-0.05, 0) is 36.6 Å². The topological polar surface area (TPSA) is 47.2 Å². The summed E-state index contributed by atoms with van der Waals surface area (Å²) >= 11 is 0. The Hall–Kier alpha value is -2.43. The molecule has 1 amide bonds. The van der Waals surface area contributed by atoms with Gasteiger partial charge in [-0.3, -0.25) is 4.79 Å². The number of halogens is 1. The number of pyridine rings is 1. The van der Waals surface area contributed by atoms with Crippen molar-refractivity contribution in [1.29, 1.82) is 0 Å². The van der Waals surface area contributed by atoms with Crippen LogP contribution in [0.5, 0.6) is 0 Å². The fraction of sp³-hybridized carbons (Fsp3) is 0.333. The summed E-state index contributed by atoms with van der Waals surface area (Å²) in [5, 5.41) is 11.4. The average molecular weight is 314 g/mol. The number of hydrogen-bond donors (Lipinski definition) is 0. The third-order valence-electron chi connectivity index (χ3n) is 4.32. The third kappa shape index (κ3) is 3.67. The molecule has 0 bridgehead atoms. The van der Waals surface area contributed by atoms with Crippen LogP contribution in [0.25, 0.3) is 0 Å². The molecule has 1 aromatic heterocycles. The molecule has 0 spiro atoms. The quantitative estimate of drug-likeness (QED) is 0.632. The van der Waals surface area contributed by atoms with Crippen molar-refractivity contribution in [3.05, 3.63) is 70.9 Å². The van der Waals surface area contributed by atoms with Crippen LogP contribution in [0.4, 0.5) is 4.39 Å². The monoisotopic (exact) mass is 314 g/mol. The van der Waals surface area contributed by atoms with Gasteiger partial charge in [-0.25, -0.2) is 4.39 Å². The Morgan fingerprint density at radius 3 is 2.74 bits per heavy atom. The normalized spacial score (nSPS) is 18.5. The molecule has 120 valence electrons. The summed E-state index contributed by atoms with van der Waals surface area (Å²) in [6, 6.07) is 9.75. The molecule has 0 saturated carbocycles. The summed E-state index contributed by atoms with van der Waals surface area (Å²) in [6.07, 6.45) is 5.61. The minimum Gasteiger partial charge on any atom is -0.619 e. The van der Waals surface area contributed by atoms with Gasteiger partial charge in [0.1, 0.15) is 11.4 Å². The summed E-state index contributed by atoms with van der Waals surface area (Å²) in [6.45, 7) is 1.28. The van der Waals surface area contributed by atoms with Gasteiger partial charge in [-0.2, -0.15) is 4.73 Å². The highest BCUT2D eigenvalue weighted by Crippen LogP contribution is 2.27. The maximum absolute atomic E-state index is 13.1. The van der Waals surface area contributed by atoms with Crippen molar-refractivity contribution in [2.45, 2.75) is 25.2 Å². The second kappa shape index (κ2) is 6.77. The lowest BCUT2D eigenvalue weighted by molar-refractivity contribution is -0.605. The van der Waals surface area contributed by atoms with Crippen molar-refractivity contribution in [2.24, 2.45) is 0 Å². The molecule has 0 N–H and O–H groups in total. The van der Waals surface area contributed by atoms with E-state index in [9.17, 15) is 14.4 Å². The van der Waals surface area contributed by atoms with Gasteiger partial charge in [0.15, 0.2) is 12.4 Å². The van der Waals surface area contributed by atoms with E-state index in [1.54, 1.807) is 29.2 Å². The third-order valence-corrected chi connectivity index (χ3v) is 4.32. The van der Waals surface area contributed by atoms with E-state index in [2.05, 4.69) is 0 Å². The van der Waals surface area contributed by atoms with Crippen molar-refractivity contribution >= 4 is 5.91 Å². The first-order valence-electron chi connectivity index (χ1n) is 7.87. The molecule has 2 heterocycles. The highest BCUT2D eigenvalue weighted by Gasteiger charge is 2.25. The molecule has 1 aliphatic heterocycles. The molecule has 5 heteroatoms. The highest BCUT2D eigenvalue weighted by molar-refractivity contribution is 5.93. The van der Waals surface area contributed by atoms with Crippen molar-refractivity contribution in [1.82, 2.24) is 4.90 Å². The fourth-order valence-electron chi connectivity index (χ4n) is 3.10. The van der Waals surface area contributed by atoms with Crippen LogP contribution in [0.2, 0.25) is 0 Å². The molecule has 1 saturated heterocycles. The summed E-state index contributed by atoms with van der Waals surface area (Å²) in [7, 11) is 0. The van der Waals surface area contributed by atoms with Gasteiger partial charge in [-0.15, -0.1) is 0 Å². The van der Waals surface area contributed by atoms with Gasteiger partial charge in [0, 0.05) is 25.1 Å². The van der Waals surface area contributed by atoms with E-state index < -0.39 is 0 Å². The van der Waals surface area contributed by atoms with Crippen LogP contribution in [-0.2, 0) is 0 Å². The summed E-state index contributed by atoms with van der Waals surface area (Å²) in [5.41, 5.74) is 1.46. The molecule has 23 heavy (non-hydrogen) atoms. The predicted molar refractivity (Wildman–Crippen MR) is 84.3 cm³/mol. The van der Waals surface area contributed by atoms with E-state index in [-0.39, 0.29) is 17.6 Å². The Morgan fingerprint density at radius 1 is 1.22 bits per heavy atom. The van der Waals surface area contributed by atoms with Crippen LogP contribution in [0, 0.1) is 11.0 Å². The molecule has 0 radical (unpaired) electrons. The Kier molecular flexibility index (Phi) is 4.55. The van der Waals surface area contributed by atoms with E-state index in [0.29, 0.717) is 23.4 Å². The van der Waals surface area contributed by atoms with Gasteiger partial charge >= 0.3 is 0 Å². The van der Waals surface area contributed by atoms with Crippen LogP contribution in [-0.4, -0.2) is 23.9 Å². The maximum atomic E-state index is 13.1. The van der Waals surface area contributed by atoms with Crippen molar-refractivity contribution < 1.29 is 13.9 Å². The number of benzene rings is 1. The number of likely N-dealkylation sites (tertiary alicyclic amines) is 1. The number of hydrogen-bond acceptors (Lipinski definition) is 2. The molecular formula is C18H19FN2O2. The van der Waals surface area contributed by atoms with Gasteiger partial charge in [0.25, 0.3) is 5.91 Å². The lowest BCUT2D eigenvalue weighted by atomic mass is 9.94. The average Bonchev–Trinajstić information content (AvgIpc) is 2.81. The second-order valence-corrected chi connectivity index (χ2v) is 5.95. The molecule has 1 atom stereocenters. The van der Waals surface area contributed by atoms with Gasteiger partial charge in [0.05, 0.1) is 0 Å². The minimum atomic E-state index is -0.250. The lowest BCUT2D eigenvalue weighted by Gasteiger charge is -2.24. The Labute approximate surface area is 134 Å². The largest absolute Gasteiger partial charge is 0.619 e. The molecule has 1 aliphatic rings. The summed E-state index contributed by atoms with van der Waals surface area (Å²) < 4.78 is 13.7. The standard InChI is InChI=1S/C18H19FN2O2/c19-17-8-6-14(7-9-17)15-4-1-2-10-20(12-15)18(22)16-5-3-11-21(23)13-16/h3,5-9,11,13,15H,1-2,4,10,12H2/t15-/m1/s1. The fourth-order valence-corrected chi connectivity index (χ4v) is 3.10. The van der Waals surface area contributed by atoms with E-state index >= 15 is 0 Å². The zero-order valence-electron chi connectivity index (χ0n) is 12.8. The van der Waals surface area contributed by atoms with Crippen LogP contribution in [0.1, 0.15) is 41.1 Å². The number of aromatic nitrogens is 1. The van der Waals surface area contributed by atoms with Crippen LogP contribution in [0.15, 0.2) is 48.8 Å². The Morgan fingerprint density at radius 2 is 2.00 bits per heavy atom. The van der Waals surface area contributed by atoms with Crippen LogP contribution < -0.4 is 4.73 Å². The summed E-state index contributed by atoms with van der Waals surface area (Å²) in [4.78, 5) is 14.5. The van der Waals surface area contributed by atoms with Gasteiger partial charge in [-0.1, -0.05) is 18.6 Å². The zero-order valence-corrected chi connectivity index (χ0v) is 12.8. The minimum absolute atomic E-state index is 0.121. The molecule has 2 aromatic rings. The van der Waals surface area contributed by atoms with Crippen LogP contribution in [0.3, 0.4) is 0 Å². The molecule has 3 rings (SSSR count). The van der Waals surface area contributed by atoms with E-state index in [1.165, 1.54) is 24.5 Å². The van der Waals surface area contributed by atoms with Gasteiger partial charge < -0.3 is 10.1 Å². The van der Waals surface area contributed by atoms with Crippen LogP contribution >= 0.6 is 0 Å². The van der Waals surface area contributed by atoms with E-state index in [4.69, 9.17) is 0 Å². The molecule has 0 unspecified atom stereocenters. The highest BCUT2D eigenvalue weighted by atomic mass is 19.1. The molecule has 4 nitrogen and oxygen atoms in total. The van der Waals surface area contributed by atoms with E-state index in [1.807, 2.05) is 0 Å². The lowest BCUT2D eigenvalue weighted by Crippen LogP contribution is -2.36. The first-order chi connectivity index (χ1) is 11.1. The number of nitrogens with zero attached hydrogens (tertiary/aromatic N) is 2. The maximum Gasteiger partial charge on any atom is 0.259 e. The van der Waals surface area contributed by atoms with E-state index in [0.717, 1.165) is 24.8 Å². The second-order valence-electron chi connectivity index (χ2n) is 5.95. The number of amides is 1. The SMILES string of the molecule is O=C(c1ccc[n+]([O-])c1)N1CCCC[C@@H](c2ccc(F)cc2)C1. The summed E-state index contributed by atoms with van der Waals surface area (Å²) in [5.74, 6) is -0.172. The molecular weight excluding hydrogens is 295 g/mol. The van der Waals surface area contributed by atoms with Crippen molar-refractivity contribution in [3.63, 3.8) is 0 Å². The number of rotatable bonds is 2. The molecule has 1 aromatic carbocycles. The Bertz CT molecular complexity index is 688. The molecule has 1 fully saturated rings.